The van der Waals surface area contributed by atoms with Gasteiger partial charge in [-0.15, -0.1) is 0 Å². The first-order chi connectivity index (χ1) is 14.0. The van der Waals surface area contributed by atoms with Crippen LogP contribution in [-0.2, 0) is 21.2 Å². The number of hydrogen-bond acceptors (Lipinski definition) is 3. The van der Waals surface area contributed by atoms with Gasteiger partial charge in [0, 0.05) is 18.7 Å². The molecule has 1 aliphatic heterocycles. The van der Waals surface area contributed by atoms with Crippen molar-refractivity contribution in [3.05, 3.63) is 65.7 Å². The molecule has 29 heavy (non-hydrogen) atoms. The summed E-state index contributed by atoms with van der Waals surface area (Å²) in [5.41, 5.74) is 2.61. The highest BCUT2D eigenvalue weighted by atomic mass is 32.2. The second-order valence-electron chi connectivity index (χ2n) is 7.70. The van der Waals surface area contributed by atoms with Gasteiger partial charge < -0.3 is 5.32 Å². The van der Waals surface area contributed by atoms with Gasteiger partial charge in [-0.05, 0) is 54.7 Å². The van der Waals surface area contributed by atoms with Crippen molar-refractivity contribution < 1.29 is 13.2 Å². The molecule has 6 heteroatoms. The number of anilines is 1. The van der Waals surface area contributed by atoms with Crippen molar-refractivity contribution in [3.8, 4) is 0 Å². The van der Waals surface area contributed by atoms with Crippen LogP contribution in [0.25, 0.3) is 6.08 Å². The number of hydrogen-bond donors (Lipinski definition) is 1. The SMILES string of the molecule is O=C(/C=C/c1ccc(S(=O)(=O)N2CCc3ccccc32)cc1)NC1CCCCC1. The lowest BCUT2D eigenvalue weighted by molar-refractivity contribution is -0.117. The van der Waals surface area contributed by atoms with E-state index in [1.165, 1.54) is 29.6 Å². The quantitative estimate of drug-likeness (QED) is 0.760. The fourth-order valence-electron chi connectivity index (χ4n) is 4.10. The van der Waals surface area contributed by atoms with Crippen LogP contribution in [0.3, 0.4) is 0 Å². The monoisotopic (exact) mass is 410 g/mol. The number of fused-ring (bicyclic) bond motifs is 1. The Bertz CT molecular complexity index is 1010. The molecule has 1 heterocycles. The zero-order valence-corrected chi connectivity index (χ0v) is 17.2. The summed E-state index contributed by atoms with van der Waals surface area (Å²) in [7, 11) is -3.59. The Kier molecular flexibility index (Phi) is 5.72. The Morgan fingerprint density at radius 3 is 2.48 bits per heavy atom. The van der Waals surface area contributed by atoms with Crippen LogP contribution < -0.4 is 9.62 Å². The molecule has 2 aliphatic rings. The second-order valence-corrected chi connectivity index (χ2v) is 9.56. The first-order valence-electron chi connectivity index (χ1n) is 10.2. The Hall–Kier alpha value is -2.60. The van der Waals surface area contributed by atoms with Crippen molar-refractivity contribution in [3.63, 3.8) is 0 Å². The summed E-state index contributed by atoms with van der Waals surface area (Å²) in [5.74, 6) is -0.0951. The van der Waals surface area contributed by atoms with Crippen molar-refractivity contribution in [1.82, 2.24) is 5.32 Å². The van der Waals surface area contributed by atoms with Crippen LogP contribution >= 0.6 is 0 Å². The van der Waals surface area contributed by atoms with Crippen LogP contribution in [0.1, 0.15) is 43.2 Å². The molecule has 5 nitrogen and oxygen atoms in total. The van der Waals surface area contributed by atoms with E-state index in [4.69, 9.17) is 0 Å². The summed E-state index contributed by atoms with van der Waals surface area (Å²) < 4.78 is 27.6. The largest absolute Gasteiger partial charge is 0.350 e. The van der Waals surface area contributed by atoms with Crippen LogP contribution in [-0.4, -0.2) is 26.9 Å². The van der Waals surface area contributed by atoms with Gasteiger partial charge in [-0.25, -0.2) is 8.42 Å². The molecule has 1 fully saturated rings. The van der Waals surface area contributed by atoms with Crippen molar-refractivity contribution in [2.24, 2.45) is 0 Å². The summed E-state index contributed by atoms with van der Waals surface area (Å²) in [4.78, 5) is 12.4. The molecule has 1 aliphatic carbocycles. The van der Waals surface area contributed by atoms with Crippen LogP contribution in [0.15, 0.2) is 59.5 Å². The average molecular weight is 411 g/mol. The molecule has 0 unspecified atom stereocenters. The summed E-state index contributed by atoms with van der Waals surface area (Å²) in [6.45, 7) is 0.463. The van der Waals surface area contributed by atoms with E-state index in [2.05, 4.69) is 5.32 Å². The number of nitrogens with one attached hydrogen (secondary N) is 1. The predicted octanol–water partition coefficient (Wildman–Crippen LogP) is 3.90. The highest BCUT2D eigenvalue weighted by molar-refractivity contribution is 7.92. The molecular formula is C23H26N2O3S. The molecule has 4 rings (SSSR count). The molecule has 0 saturated heterocycles. The fraction of sp³-hybridized carbons (Fsp3) is 0.348. The van der Waals surface area contributed by atoms with E-state index in [1.807, 2.05) is 24.3 Å². The minimum Gasteiger partial charge on any atom is -0.350 e. The fourth-order valence-corrected chi connectivity index (χ4v) is 5.61. The molecule has 0 spiro atoms. The average Bonchev–Trinajstić information content (AvgIpc) is 3.18. The lowest BCUT2D eigenvalue weighted by Gasteiger charge is -2.21. The molecule has 1 saturated carbocycles. The van der Waals surface area contributed by atoms with Gasteiger partial charge >= 0.3 is 0 Å². The molecule has 0 radical (unpaired) electrons. The molecule has 152 valence electrons. The van der Waals surface area contributed by atoms with E-state index in [1.54, 1.807) is 30.3 Å². The number of para-hydroxylation sites is 1. The predicted molar refractivity (Wildman–Crippen MR) is 115 cm³/mol. The van der Waals surface area contributed by atoms with Crippen molar-refractivity contribution in [2.45, 2.75) is 49.5 Å². The zero-order chi connectivity index (χ0) is 20.3. The van der Waals surface area contributed by atoms with Crippen molar-refractivity contribution in [2.75, 3.05) is 10.8 Å². The maximum atomic E-state index is 13.0. The van der Waals surface area contributed by atoms with E-state index in [9.17, 15) is 13.2 Å². The number of benzene rings is 2. The number of rotatable bonds is 5. The first-order valence-corrected chi connectivity index (χ1v) is 11.7. The van der Waals surface area contributed by atoms with Gasteiger partial charge in [0.1, 0.15) is 0 Å². The van der Waals surface area contributed by atoms with E-state index >= 15 is 0 Å². The molecule has 0 bridgehead atoms. The van der Waals surface area contributed by atoms with Gasteiger partial charge in [-0.2, -0.15) is 0 Å². The minimum atomic E-state index is -3.59. The lowest BCUT2D eigenvalue weighted by atomic mass is 9.95. The summed E-state index contributed by atoms with van der Waals surface area (Å²) in [5, 5.41) is 3.04. The minimum absolute atomic E-state index is 0.0951. The smallest absolute Gasteiger partial charge is 0.264 e. The molecule has 1 N–H and O–H groups in total. The Morgan fingerprint density at radius 1 is 1.00 bits per heavy atom. The Morgan fingerprint density at radius 2 is 1.72 bits per heavy atom. The van der Waals surface area contributed by atoms with Gasteiger partial charge in [0.25, 0.3) is 10.0 Å². The third kappa shape index (κ3) is 4.37. The summed E-state index contributed by atoms with van der Waals surface area (Å²) in [6.07, 6.45) is 9.66. The van der Waals surface area contributed by atoms with E-state index < -0.39 is 10.0 Å². The standard InChI is InChI=1S/C23H26N2O3S/c26-23(24-20-7-2-1-3-8-20)15-12-18-10-13-21(14-11-18)29(27,28)25-17-16-19-6-4-5-9-22(19)25/h4-6,9-15,20H,1-3,7-8,16-17H2,(H,24,26)/b15-12+. The van der Waals surface area contributed by atoms with Gasteiger partial charge in [0.05, 0.1) is 10.6 Å². The van der Waals surface area contributed by atoms with Crippen molar-refractivity contribution >= 4 is 27.7 Å². The molecular weight excluding hydrogens is 384 g/mol. The van der Waals surface area contributed by atoms with Crippen molar-refractivity contribution in [1.29, 1.82) is 0 Å². The third-order valence-electron chi connectivity index (χ3n) is 5.69. The van der Waals surface area contributed by atoms with Gasteiger partial charge in [-0.3, -0.25) is 9.10 Å². The van der Waals surface area contributed by atoms with E-state index in [-0.39, 0.29) is 16.8 Å². The van der Waals surface area contributed by atoms with Gasteiger partial charge in [-0.1, -0.05) is 49.6 Å². The normalized spacial score (nSPS) is 17.4. The van der Waals surface area contributed by atoms with E-state index in [0.29, 0.717) is 6.54 Å². The topological polar surface area (TPSA) is 66.5 Å². The molecule has 1 amide bonds. The van der Waals surface area contributed by atoms with Gasteiger partial charge in [0.2, 0.25) is 5.91 Å². The van der Waals surface area contributed by atoms with Crippen LogP contribution in [0.2, 0.25) is 0 Å². The lowest BCUT2D eigenvalue weighted by Crippen LogP contribution is -2.34. The Labute approximate surface area is 172 Å². The maximum absolute atomic E-state index is 13.0. The summed E-state index contributed by atoms with van der Waals surface area (Å²) in [6, 6.07) is 14.6. The highest BCUT2D eigenvalue weighted by Crippen LogP contribution is 2.32. The number of carbonyl (C=O) groups is 1. The number of amides is 1. The van der Waals surface area contributed by atoms with E-state index in [0.717, 1.165) is 36.1 Å². The molecule has 0 atom stereocenters. The van der Waals surface area contributed by atoms with Crippen LogP contribution in [0.4, 0.5) is 5.69 Å². The number of carbonyl (C=O) groups excluding carboxylic acids is 1. The zero-order valence-electron chi connectivity index (χ0n) is 16.4. The summed E-state index contributed by atoms with van der Waals surface area (Å²) >= 11 is 0. The maximum Gasteiger partial charge on any atom is 0.264 e. The molecule has 2 aromatic carbocycles. The molecule has 0 aromatic heterocycles. The number of nitrogens with zero attached hydrogens (tertiary/aromatic N) is 1. The first kappa shape index (κ1) is 19.7. The molecule has 2 aromatic rings. The highest BCUT2D eigenvalue weighted by Gasteiger charge is 2.30. The van der Waals surface area contributed by atoms with Gasteiger partial charge in [0.15, 0.2) is 0 Å². The number of sulfonamides is 1. The third-order valence-corrected chi connectivity index (χ3v) is 7.52. The Balaban J connectivity index is 1.43. The van der Waals surface area contributed by atoms with Crippen LogP contribution in [0.5, 0.6) is 0 Å². The van der Waals surface area contributed by atoms with Crippen LogP contribution in [0, 0.1) is 0 Å². The second kappa shape index (κ2) is 8.41.